The summed E-state index contributed by atoms with van der Waals surface area (Å²) < 4.78 is 11.0. The Kier molecular flexibility index (Phi) is 4.54. The molecule has 3 nitrogen and oxygen atoms in total. The van der Waals surface area contributed by atoms with Gasteiger partial charge in [-0.05, 0) is 29.5 Å². The average molecular weight is 251 g/mol. The van der Waals surface area contributed by atoms with Gasteiger partial charge in [0.15, 0.2) is 0 Å². The van der Waals surface area contributed by atoms with Crippen molar-refractivity contribution in [3.05, 3.63) is 34.9 Å². The summed E-state index contributed by atoms with van der Waals surface area (Å²) in [5, 5.41) is 0. The standard InChI is InChI=1S/C15H25NO2/c1-11-7-8-12(14(2,3)4)9-13(11)15(10-16,17-5)18-6/h7-9H,10,16H2,1-6H3. The lowest BCUT2D eigenvalue weighted by Gasteiger charge is -2.32. The molecule has 18 heavy (non-hydrogen) atoms. The summed E-state index contributed by atoms with van der Waals surface area (Å²) >= 11 is 0. The van der Waals surface area contributed by atoms with E-state index in [-0.39, 0.29) is 12.0 Å². The average Bonchev–Trinajstić information content (AvgIpc) is 2.32. The lowest BCUT2D eigenvalue weighted by molar-refractivity contribution is -0.208. The summed E-state index contributed by atoms with van der Waals surface area (Å²) in [5.74, 6) is -0.856. The van der Waals surface area contributed by atoms with E-state index in [2.05, 4.69) is 39.0 Å². The second-order valence-corrected chi connectivity index (χ2v) is 5.64. The molecule has 2 N–H and O–H groups in total. The minimum atomic E-state index is -0.856. The van der Waals surface area contributed by atoms with Gasteiger partial charge in [0.1, 0.15) is 0 Å². The summed E-state index contributed by atoms with van der Waals surface area (Å²) in [6.07, 6.45) is 0. The summed E-state index contributed by atoms with van der Waals surface area (Å²) in [4.78, 5) is 0. The first-order chi connectivity index (χ1) is 8.30. The number of nitrogens with two attached hydrogens (primary N) is 1. The minimum absolute atomic E-state index is 0.0876. The van der Waals surface area contributed by atoms with Crippen LogP contribution in [0.5, 0.6) is 0 Å². The van der Waals surface area contributed by atoms with Crippen LogP contribution in [0.1, 0.15) is 37.5 Å². The molecule has 1 rings (SSSR count). The van der Waals surface area contributed by atoms with Crippen LogP contribution < -0.4 is 5.73 Å². The molecule has 1 aromatic carbocycles. The molecule has 0 aliphatic carbocycles. The number of rotatable bonds is 4. The van der Waals surface area contributed by atoms with Crippen molar-refractivity contribution in [2.75, 3.05) is 20.8 Å². The Hall–Kier alpha value is -0.900. The molecule has 0 saturated carbocycles. The molecule has 0 radical (unpaired) electrons. The Morgan fingerprint density at radius 2 is 1.67 bits per heavy atom. The zero-order valence-electron chi connectivity index (χ0n) is 12.3. The molecule has 0 aromatic heterocycles. The minimum Gasteiger partial charge on any atom is -0.348 e. The smallest absolute Gasteiger partial charge is 0.207 e. The summed E-state index contributed by atoms with van der Waals surface area (Å²) in [6.45, 7) is 8.89. The molecule has 0 unspecified atom stereocenters. The highest BCUT2D eigenvalue weighted by atomic mass is 16.7. The largest absolute Gasteiger partial charge is 0.348 e. The zero-order chi connectivity index (χ0) is 14.0. The SMILES string of the molecule is COC(CN)(OC)c1cc(C(C)(C)C)ccc1C. The van der Waals surface area contributed by atoms with Crippen LogP contribution in [-0.2, 0) is 20.7 Å². The number of aryl methyl sites for hydroxylation is 1. The first kappa shape index (κ1) is 15.2. The molecule has 1 aromatic rings. The molecule has 0 aliphatic heterocycles. The first-order valence-corrected chi connectivity index (χ1v) is 6.22. The van der Waals surface area contributed by atoms with Crippen LogP contribution in [0.2, 0.25) is 0 Å². The predicted molar refractivity (Wildman–Crippen MR) is 74.6 cm³/mol. The molecular formula is C15H25NO2. The molecule has 0 fully saturated rings. The number of methoxy groups -OCH3 is 2. The lowest BCUT2D eigenvalue weighted by Crippen LogP contribution is -2.39. The van der Waals surface area contributed by atoms with Crippen LogP contribution in [0.4, 0.5) is 0 Å². The third kappa shape index (κ3) is 2.74. The number of benzene rings is 1. The maximum Gasteiger partial charge on any atom is 0.207 e. The third-order valence-electron chi connectivity index (χ3n) is 3.44. The van der Waals surface area contributed by atoms with Crippen LogP contribution in [0, 0.1) is 6.92 Å². The maximum absolute atomic E-state index is 5.84. The highest BCUT2D eigenvalue weighted by Gasteiger charge is 2.33. The van der Waals surface area contributed by atoms with E-state index >= 15 is 0 Å². The van der Waals surface area contributed by atoms with Crippen molar-refractivity contribution in [3.63, 3.8) is 0 Å². The highest BCUT2D eigenvalue weighted by molar-refractivity contribution is 5.37. The first-order valence-electron chi connectivity index (χ1n) is 6.22. The van der Waals surface area contributed by atoms with Crippen molar-refractivity contribution in [2.45, 2.75) is 38.9 Å². The lowest BCUT2D eigenvalue weighted by atomic mass is 9.84. The van der Waals surface area contributed by atoms with Crippen molar-refractivity contribution in [1.82, 2.24) is 0 Å². The van der Waals surface area contributed by atoms with E-state index in [0.717, 1.165) is 11.1 Å². The summed E-state index contributed by atoms with van der Waals surface area (Å²) in [7, 11) is 3.25. The molecule has 0 atom stereocenters. The fraction of sp³-hybridized carbons (Fsp3) is 0.600. The molecule has 0 aliphatic rings. The number of hydrogen-bond donors (Lipinski definition) is 1. The van der Waals surface area contributed by atoms with E-state index in [1.807, 2.05) is 6.92 Å². The number of ether oxygens (including phenoxy) is 2. The Bertz CT molecular complexity index is 395. The topological polar surface area (TPSA) is 44.5 Å². The third-order valence-corrected chi connectivity index (χ3v) is 3.44. The van der Waals surface area contributed by atoms with Gasteiger partial charge in [-0.3, -0.25) is 0 Å². The van der Waals surface area contributed by atoms with Gasteiger partial charge in [-0.2, -0.15) is 0 Å². The van der Waals surface area contributed by atoms with E-state index < -0.39 is 5.79 Å². The van der Waals surface area contributed by atoms with Crippen LogP contribution in [0.3, 0.4) is 0 Å². The summed E-state index contributed by atoms with van der Waals surface area (Å²) in [5.41, 5.74) is 9.30. The van der Waals surface area contributed by atoms with Gasteiger partial charge in [-0.1, -0.05) is 32.9 Å². The second kappa shape index (κ2) is 5.39. The highest BCUT2D eigenvalue weighted by Crippen LogP contribution is 2.32. The predicted octanol–water partition coefficient (Wildman–Crippen LogP) is 2.70. The van der Waals surface area contributed by atoms with E-state index in [1.165, 1.54) is 5.56 Å². The monoisotopic (exact) mass is 251 g/mol. The van der Waals surface area contributed by atoms with Crippen LogP contribution in [0.15, 0.2) is 18.2 Å². The van der Waals surface area contributed by atoms with Gasteiger partial charge in [-0.15, -0.1) is 0 Å². The molecular weight excluding hydrogens is 226 g/mol. The Morgan fingerprint density at radius 3 is 2.06 bits per heavy atom. The van der Waals surface area contributed by atoms with Gasteiger partial charge in [0.25, 0.3) is 0 Å². The van der Waals surface area contributed by atoms with Gasteiger partial charge in [0, 0.05) is 19.8 Å². The van der Waals surface area contributed by atoms with Gasteiger partial charge < -0.3 is 15.2 Å². The van der Waals surface area contributed by atoms with Crippen LogP contribution >= 0.6 is 0 Å². The molecule has 3 heteroatoms. The fourth-order valence-corrected chi connectivity index (χ4v) is 2.08. The van der Waals surface area contributed by atoms with Crippen molar-refractivity contribution in [2.24, 2.45) is 5.73 Å². The van der Waals surface area contributed by atoms with Crippen LogP contribution in [0.25, 0.3) is 0 Å². The van der Waals surface area contributed by atoms with Gasteiger partial charge in [0.2, 0.25) is 5.79 Å². The van der Waals surface area contributed by atoms with Crippen molar-refractivity contribution in [1.29, 1.82) is 0 Å². The molecule has 0 amide bonds. The van der Waals surface area contributed by atoms with Gasteiger partial charge in [-0.25, -0.2) is 0 Å². The van der Waals surface area contributed by atoms with E-state index in [0.29, 0.717) is 0 Å². The Balaban J connectivity index is 3.39. The molecule has 0 heterocycles. The van der Waals surface area contributed by atoms with E-state index in [1.54, 1.807) is 14.2 Å². The molecule has 0 saturated heterocycles. The zero-order valence-corrected chi connectivity index (χ0v) is 12.3. The van der Waals surface area contributed by atoms with Gasteiger partial charge in [0.05, 0.1) is 6.54 Å². The van der Waals surface area contributed by atoms with Crippen molar-refractivity contribution < 1.29 is 9.47 Å². The van der Waals surface area contributed by atoms with E-state index in [9.17, 15) is 0 Å². The van der Waals surface area contributed by atoms with Crippen molar-refractivity contribution in [3.8, 4) is 0 Å². The normalized spacial score (nSPS) is 12.8. The molecule has 0 spiro atoms. The maximum atomic E-state index is 5.84. The second-order valence-electron chi connectivity index (χ2n) is 5.64. The van der Waals surface area contributed by atoms with Crippen LogP contribution in [-0.4, -0.2) is 20.8 Å². The van der Waals surface area contributed by atoms with Gasteiger partial charge >= 0.3 is 0 Å². The molecule has 0 bridgehead atoms. The quantitative estimate of drug-likeness (QED) is 0.837. The fourth-order valence-electron chi connectivity index (χ4n) is 2.08. The Labute approximate surface area is 110 Å². The number of hydrogen-bond acceptors (Lipinski definition) is 3. The van der Waals surface area contributed by atoms with E-state index in [4.69, 9.17) is 15.2 Å². The van der Waals surface area contributed by atoms with Crippen molar-refractivity contribution >= 4 is 0 Å². The molecule has 102 valence electrons. The summed E-state index contributed by atoms with van der Waals surface area (Å²) in [6, 6.07) is 6.37. The Morgan fingerprint density at radius 1 is 1.11 bits per heavy atom.